The highest BCUT2D eigenvalue weighted by Gasteiger charge is 2.32. The van der Waals surface area contributed by atoms with Crippen molar-refractivity contribution in [3.8, 4) is 11.3 Å². The number of morpholine rings is 1. The topological polar surface area (TPSA) is 75.3 Å². The van der Waals surface area contributed by atoms with Crippen molar-refractivity contribution in [2.75, 3.05) is 26.3 Å². The fourth-order valence-electron chi connectivity index (χ4n) is 2.96. The van der Waals surface area contributed by atoms with Crippen molar-refractivity contribution in [2.24, 2.45) is 0 Å². The zero-order chi connectivity index (χ0) is 16.0. The highest BCUT2D eigenvalue weighted by atomic mass is 32.2. The van der Waals surface area contributed by atoms with E-state index in [1.807, 2.05) is 0 Å². The highest BCUT2D eigenvalue weighted by Crippen LogP contribution is 2.37. The summed E-state index contributed by atoms with van der Waals surface area (Å²) in [6.07, 6.45) is 0. The molecular weight excluding hydrogens is 321 g/mol. The molecule has 0 spiro atoms. The molecule has 1 aromatic heterocycles. The van der Waals surface area contributed by atoms with Gasteiger partial charge in [0.15, 0.2) is 0 Å². The van der Waals surface area contributed by atoms with Crippen LogP contribution in [-0.2, 0) is 21.3 Å². The molecule has 0 saturated carbocycles. The van der Waals surface area contributed by atoms with Gasteiger partial charge in [0.25, 0.3) is 5.91 Å². The summed E-state index contributed by atoms with van der Waals surface area (Å²) in [6.45, 7) is 2.03. The standard InChI is InChI=1S/C15H14FN3O3S/c16-11-3-1-2-9-12-10(8-23(21)14(9)11)13(18-17-12)15(20)19-4-6-22-7-5-19/h1-3H,4-8H2,(H,17,18). The van der Waals surface area contributed by atoms with Gasteiger partial charge in [-0.05, 0) is 6.07 Å². The van der Waals surface area contributed by atoms with Crippen LogP contribution in [0.1, 0.15) is 16.1 Å². The van der Waals surface area contributed by atoms with E-state index in [0.29, 0.717) is 48.8 Å². The second kappa shape index (κ2) is 5.54. The number of rotatable bonds is 1. The average Bonchev–Trinajstić information content (AvgIpc) is 2.99. The number of hydrogen-bond donors (Lipinski definition) is 1. The molecule has 6 nitrogen and oxygen atoms in total. The first-order chi connectivity index (χ1) is 11.2. The Morgan fingerprint density at radius 2 is 2.13 bits per heavy atom. The molecule has 0 aliphatic carbocycles. The predicted molar refractivity (Wildman–Crippen MR) is 80.8 cm³/mol. The Morgan fingerprint density at radius 1 is 1.35 bits per heavy atom. The number of benzene rings is 1. The molecule has 4 rings (SSSR count). The Labute approximate surface area is 134 Å². The lowest BCUT2D eigenvalue weighted by Crippen LogP contribution is -2.41. The van der Waals surface area contributed by atoms with Crippen molar-refractivity contribution in [3.05, 3.63) is 35.3 Å². The lowest BCUT2D eigenvalue weighted by molar-refractivity contribution is 0.0298. The molecule has 3 heterocycles. The third-order valence-corrected chi connectivity index (χ3v) is 5.53. The molecule has 0 radical (unpaired) electrons. The highest BCUT2D eigenvalue weighted by molar-refractivity contribution is 7.84. The fraction of sp³-hybridized carbons (Fsp3) is 0.333. The molecule has 23 heavy (non-hydrogen) atoms. The summed E-state index contributed by atoms with van der Waals surface area (Å²) in [5.74, 6) is -0.597. The number of halogens is 1. The minimum absolute atomic E-state index is 0.0885. The number of ether oxygens (including phenoxy) is 1. The molecule has 8 heteroatoms. The lowest BCUT2D eigenvalue weighted by atomic mass is 10.1. The quantitative estimate of drug-likeness (QED) is 0.853. The van der Waals surface area contributed by atoms with Crippen LogP contribution in [0.3, 0.4) is 0 Å². The van der Waals surface area contributed by atoms with E-state index in [-0.39, 0.29) is 16.6 Å². The summed E-state index contributed by atoms with van der Waals surface area (Å²) in [5, 5.41) is 6.94. The Bertz CT molecular complexity index is 814. The second-order valence-corrected chi connectivity index (χ2v) is 6.82. The van der Waals surface area contributed by atoms with E-state index in [9.17, 15) is 13.4 Å². The average molecular weight is 335 g/mol. The Hall–Kier alpha value is -2.06. The van der Waals surface area contributed by atoms with Gasteiger partial charge in [0.05, 0.1) is 40.4 Å². The van der Waals surface area contributed by atoms with Crippen molar-refractivity contribution >= 4 is 16.7 Å². The zero-order valence-electron chi connectivity index (χ0n) is 12.2. The Morgan fingerprint density at radius 3 is 2.91 bits per heavy atom. The van der Waals surface area contributed by atoms with E-state index in [0.717, 1.165) is 0 Å². The molecular formula is C15H14FN3O3S. The van der Waals surface area contributed by atoms with Crippen LogP contribution in [0.15, 0.2) is 23.1 Å². The molecule has 120 valence electrons. The van der Waals surface area contributed by atoms with Crippen LogP contribution in [0.2, 0.25) is 0 Å². The number of aromatic amines is 1. The summed E-state index contributed by atoms with van der Waals surface area (Å²) in [7, 11) is -1.53. The van der Waals surface area contributed by atoms with E-state index < -0.39 is 16.6 Å². The molecule has 1 amide bonds. The van der Waals surface area contributed by atoms with Crippen LogP contribution in [-0.4, -0.2) is 51.5 Å². The molecule has 1 aromatic carbocycles. The third-order valence-electron chi connectivity index (χ3n) is 4.10. The van der Waals surface area contributed by atoms with Gasteiger partial charge in [-0.2, -0.15) is 5.10 Å². The van der Waals surface area contributed by atoms with Crippen molar-refractivity contribution in [1.82, 2.24) is 15.1 Å². The summed E-state index contributed by atoms with van der Waals surface area (Å²) in [5.41, 5.74) is 1.93. The van der Waals surface area contributed by atoms with Gasteiger partial charge in [-0.15, -0.1) is 0 Å². The van der Waals surface area contributed by atoms with Crippen molar-refractivity contribution in [2.45, 2.75) is 10.6 Å². The normalized spacial score (nSPS) is 20.0. The minimum atomic E-state index is -1.53. The van der Waals surface area contributed by atoms with Gasteiger partial charge < -0.3 is 9.64 Å². The smallest absolute Gasteiger partial charge is 0.272 e. The van der Waals surface area contributed by atoms with E-state index in [2.05, 4.69) is 10.2 Å². The molecule has 1 fully saturated rings. The summed E-state index contributed by atoms with van der Waals surface area (Å²) in [6, 6.07) is 4.52. The minimum Gasteiger partial charge on any atom is -0.378 e. The first-order valence-electron chi connectivity index (χ1n) is 7.28. The Balaban J connectivity index is 1.78. The van der Waals surface area contributed by atoms with Crippen LogP contribution < -0.4 is 0 Å². The van der Waals surface area contributed by atoms with Crippen LogP contribution >= 0.6 is 0 Å². The maximum Gasteiger partial charge on any atom is 0.272 e. The monoisotopic (exact) mass is 335 g/mol. The molecule has 1 N–H and O–H groups in total. The van der Waals surface area contributed by atoms with E-state index in [4.69, 9.17) is 4.74 Å². The van der Waals surface area contributed by atoms with Gasteiger partial charge in [0.1, 0.15) is 11.5 Å². The number of amides is 1. The first kappa shape index (κ1) is 14.5. The van der Waals surface area contributed by atoms with E-state index in [1.165, 1.54) is 6.07 Å². The number of hydrogen-bond acceptors (Lipinski definition) is 4. The number of nitrogens with zero attached hydrogens (tertiary/aromatic N) is 2. The molecule has 0 bridgehead atoms. The number of nitrogens with one attached hydrogen (secondary N) is 1. The van der Waals surface area contributed by atoms with Crippen LogP contribution in [0.25, 0.3) is 11.3 Å². The molecule has 2 aliphatic heterocycles. The molecule has 2 aromatic rings. The molecule has 2 aliphatic rings. The van der Waals surface area contributed by atoms with Crippen LogP contribution in [0.4, 0.5) is 4.39 Å². The van der Waals surface area contributed by atoms with Crippen molar-refractivity contribution < 1.29 is 18.1 Å². The summed E-state index contributed by atoms with van der Waals surface area (Å²) < 4.78 is 31.6. The molecule has 1 saturated heterocycles. The van der Waals surface area contributed by atoms with Crippen LogP contribution in [0, 0.1) is 5.82 Å². The van der Waals surface area contributed by atoms with Crippen LogP contribution in [0.5, 0.6) is 0 Å². The van der Waals surface area contributed by atoms with Gasteiger partial charge in [0, 0.05) is 24.2 Å². The number of fused-ring (bicyclic) bond motifs is 3. The first-order valence-corrected chi connectivity index (χ1v) is 8.60. The van der Waals surface area contributed by atoms with Gasteiger partial charge in [-0.25, -0.2) is 4.39 Å². The van der Waals surface area contributed by atoms with E-state index in [1.54, 1.807) is 17.0 Å². The van der Waals surface area contributed by atoms with Gasteiger partial charge in [-0.3, -0.25) is 14.1 Å². The summed E-state index contributed by atoms with van der Waals surface area (Å²) >= 11 is 0. The van der Waals surface area contributed by atoms with Gasteiger partial charge >= 0.3 is 0 Å². The third kappa shape index (κ3) is 2.29. The Kier molecular flexibility index (Phi) is 3.50. The second-order valence-electron chi connectivity index (χ2n) is 5.44. The maximum atomic E-state index is 14.0. The SMILES string of the molecule is O=C(c1[nH]nc2c1CS(=O)c1c(F)cccc1-2)N1CCOCC1. The van der Waals surface area contributed by atoms with Crippen molar-refractivity contribution in [3.63, 3.8) is 0 Å². The lowest BCUT2D eigenvalue weighted by Gasteiger charge is -2.26. The van der Waals surface area contributed by atoms with Gasteiger partial charge in [0.2, 0.25) is 0 Å². The molecule has 1 atom stereocenters. The summed E-state index contributed by atoms with van der Waals surface area (Å²) in [4.78, 5) is 14.5. The largest absolute Gasteiger partial charge is 0.378 e. The fourth-order valence-corrected chi connectivity index (χ4v) is 4.34. The number of carbonyl (C=O) groups excluding carboxylic acids is 1. The number of aromatic nitrogens is 2. The molecule has 1 unspecified atom stereocenters. The number of H-pyrrole nitrogens is 1. The van der Waals surface area contributed by atoms with Gasteiger partial charge in [-0.1, -0.05) is 12.1 Å². The maximum absolute atomic E-state index is 14.0. The predicted octanol–water partition coefficient (Wildman–Crippen LogP) is 1.31. The zero-order valence-corrected chi connectivity index (χ0v) is 13.0. The van der Waals surface area contributed by atoms with E-state index >= 15 is 0 Å². The number of carbonyl (C=O) groups is 1. The van der Waals surface area contributed by atoms with Crippen molar-refractivity contribution in [1.29, 1.82) is 0 Å².